The van der Waals surface area contributed by atoms with Crippen molar-refractivity contribution in [2.45, 2.75) is 6.92 Å². The maximum absolute atomic E-state index is 12.8. The van der Waals surface area contributed by atoms with E-state index in [0.717, 1.165) is 0 Å². The van der Waals surface area contributed by atoms with Crippen molar-refractivity contribution in [2.75, 3.05) is 5.32 Å². The quantitative estimate of drug-likeness (QED) is 0.247. The lowest BCUT2D eigenvalue weighted by Crippen LogP contribution is -2.28. The van der Waals surface area contributed by atoms with E-state index in [9.17, 15) is 20.0 Å². The normalized spacial score (nSPS) is 10.9. The number of rotatable bonds is 5. The van der Waals surface area contributed by atoms with E-state index in [1.807, 2.05) is 30.3 Å². The monoisotopic (exact) mass is 426 g/mol. The molecule has 3 N–H and O–H groups in total. The first-order valence-electron chi connectivity index (χ1n) is 8.71. The van der Waals surface area contributed by atoms with E-state index < -0.39 is 4.92 Å². The third-order valence-electron chi connectivity index (χ3n) is 4.38. The number of nitro benzene ring substituents is 1. The van der Waals surface area contributed by atoms with Crippen LogP contribution in [0.4, 0.5) is 11.4 Å². The van der Waals surface area contributed by atoms with E-state index >= 15 is 0 Å². The van der Waals surface area contributed by atoms with Crippen LogP contribution in [0.5, 0.6) is 5.75 Å². The molecule has 154 valence electrons. The Labute approximate surface area is 176 Å². The largest absolute Gasteiger partial charge is 0.507 e. The van der Waals surface area contributed by atoms with E-state index in [2.05, 4.69) is 15.8 Å². The van der Waals surface area contributed by atoms with Gasteiger partial charge in [-0.15, -0.1) is 0 Å². The van der Waals surface area contributed by atoms with Gasteiger partial charge < -0.3 is 10.4 Å². The van der Waals surface area contributed by atoms with Crippen LogP contribution in [0.3, 0.4) is 0 Å². The minimum absolute atomic E-state index is 0.0437. The molecule has 11 heteroatoms. The van der Waals surface area contributed by atoms with Crippen molar-refractivity contribution in [3.05, 3.63) is 80.3 Å². The minimum Gasteiger partial charge on any atom is -0.507 e. The van der Waals surface area contributed by atoms with Crippen molar-refractivity contribution < 1.29 is 10.0 Å². The summed E-state index contributed by atoms with van der Waals surface area (Å²) in [5.74, 6) is -0.172. The van der Waals surface area contributed by atoms with Crippen molar-refractivity contribution >= 4 is 34.9 Å². The van der Waals surface area contributed by atoms with Gasteiger partial charge in [-0.2, -0.15) is 5.10 Å². The van der Waals surface area contributed by atoms with E-state index in [1.54, 1.807) is 18.7 Å². The summed E-state index contributed by atoms with van der Waals surface area (Å²) < 4.78 is 3.21. The fourth-order valence-electron chi connectivity index (χ4n) is 2.77. The zero-order chi connectivity index (χ0) is 21.8. The molecule has 1 heterocycles. The van der Waals surface area contributed by atoms with Crippen LogP contribution < -0.4 is 16.3 Å². The maximum atomic E-state index is 12.8. The zero-order valence-corrected chi connectivity index (χ0v) is 16.9. The Bertz CT molecular complexity index is 1200. The number of anilines is 1. The van der Waals surface area contributed by atoms with Crippen LogP contribution in [-0.2, 0) is 7.05 Å². The molecule has 3 rings (SSSR count). The summed E-state index contributed by atoms with van der Waals surface area (Å²) in [6.07, 6.45) is 1.19. The third-order valence-corrected chi connectivity index (χ3v) is 4.58. The molecule has 0 fully saturated rings. The summed E-state index contributed by atoms with van der Waals surface area (Å²) >= 11 is 5.18. The number of nitrogens with zero attached hydrogens (tertiary/aromatic N) is 4. The Morgan fingerprint density at radius 3 is 2.63 bits per heavy atom. The van der Waals surface area contributed by atoms with Crippen LogP contribution in [0.2, 0.25) is 0 Å². The summed E-state index contributed by atoms with van der Waals surface area (Å²) in [5.41, 5.74) is 3.85. The summed E-state index contributed by atoms with van der Waals surface area (Å²) in [6, 6.07) is 12.7. The number of hydrogen-bond acceptors (Lipinski definition) is 6. The number of benzene rings is 2. The number of non-ortho nitro benzene ring substituents is 1. The highest BCUT2D eigenvalue weighted by Gasteiger charge is 2.16. The van der Waals surface area contributed by atoms with E-state index in [1.165, 1.54) is 29.1 Å². The molecule has 0 saturated carbocycles. The van der Waals surface area contributed by atoms with Gasteiger partial charge in [-0.05, 0) is 37.3 Å². The molecule has 0 unspecified atom stereocenters. The number of aromatic hydroxyl groups is 1. The molecule has 1 aromatic heterocycles. The summed E-state index contributed by atoms with van der Waals surface area (Å²) in [5, 5.41) is 27.4. The second-order valence-corrected chi connectivity index (χ2v) is 6.67. The molecule has 3 aromatic rings. The molecule has 0 spiro atoms. The second-order valence-electron chi connectivity index (χ2n) is 6.26. The topological polar surface area (TPSA) is 127 Å². The Kier molecular flexibility index (Phi) is 5.93. The number of aromatic nitrogens is 2. The first kappa shape index (κ1) is 20.7. The summed E-state index contributed by atoms with van der Waals surface area (Å²) in [4.78, 5) is 23.1. The molecular weight excluding hydrogens is 408 g/mol. The van der Waals surface area contributed by atoms with Crippen molar-refractivity contribution in [3.63, 3.8) is 0 Å². The van der Waals surface area contributed by atoms with Gasteiger partial charge in [0.25, 0.3) is 11.2 Å². The molecule has 10 nitrogen and oxygen atoms in total. The number of thiocarbonyl (C=S) groups is 1. The first-order valence-corrected chi connectivity index (χ1v) is 9.12. The number of phenols is 1. The molecule has 0 atom stereocenters. The SMILES string of the molecule is Cc1c(NC(=S)N/N=C/c2cc([N+](=O)[O-])ccc2O)c(=O)n(-c2ccccc2)n1C. The number of para-hydroxylation sites is 1. The predicted molar refractivity (Wildman–Crippen MR) is 117 cm³/mol. The third kappa shape index (κ3) is 4.20. The molecule has 0 bridgehead atoms. The van der Waals surface area contributed by atoms with Crippen molar-refractivity contribution in [3.8, 4) is 11.4 Å². The van der Waals surface area contributed by atoms with Crippen LogP contribution in [-0.4, -0.2) is 30.7 Å². The van der Waals surface area contributed by atoms with Crippen LogP contribution in [0.15, 0.2) is 58.4 Å². The summed E-state index contributed by atoms with van der Waals surface area (Å²) in [6.45, 7) is 1.77. The summed E-state index contributed by atoms with van der Waals surface area (Å²) in [7, 11) is 1.76. The van der Waals surface area contributed by atoms with Crippen molar-refractivity contribution in [2.24, 2.45) is 12.1 Å². The molecule has 0 aliphatic carbocycles. The van der Waals surface area contributed by atoms with E-state index in [0.29, 0.717) is 11.4 Å². The van der Waals surface area contributed by atoms with Gasteiger partial charge in [0, 0.05) is 24.7 Å². The number of nitro groups is 1. The Morgan fingerprint density at radius 1 is 1.27 bits per heavy atom. The fraction of sp³-hybridized carbons (Fsp3) is 0.105. The molecule has 2 aromatic carbocycles. The van der Waals surface area contributed by atoms with Crippen LogP contribution in [0, 0.1) is 17.0 Å². The maximum Gasteiger partial charge on any atom is 0.295 e. The standard InChI is InChI=1S/C19H18N6O4S/c1-12-17(18(27)24(23(12)2)14-6-4-3-5-7-14)21-19(30)22-20-11-13-10-15(25(28)29)8-9-16(13)26/h3-11,26H,1-2H3,(H2,21,22,30)/b20-11+. The lowest BCUT2D eigenvalue weighted by Gasteiger charge is -2.07. The molecule has 0 aliphatic rings. The van der Waals surface area contributed by atoms with Crippen molar-refractivity contribution in [1.29, 1.82) is 0 Å². The minimum atomic E-state index is -0.577. The highest BCUT2D eigenvalue weighted by atomic mass is 32.1. The smallest absolute Gasteiger partial charge is 0.295 e. The van der Waals surface area contributed by atoms with E-state index in [-0.39, 0.29) is 33.4 Å². The van der Waals surface area contributed by atoms with Gasteiger partial charge in [-0.1, -0.05) is 18.2 Å². The fourth-order valence-corrected chi connectivity index (χ4v) is 2.93. The molecule has 0 saturated heterocycles. The van der Waals surface area contributed by atoms with Crippen LogP contribution in [0.25, 0.3) is 5.69 Å². The highest BCUT2D eigenvalue weighted by molar-refractivity contribution is 7.80. The van der Waals surface area contributed by atoms with Gasteiger partial charge in [0.15, 0.2) is 5.11 Å². The number of nitrogens with one attached hydrogen (secondary N) is 2. The zero-order valence-electron chi connectivity index (χ0n) is 16.1. The molecular formula is C19H18N6O4S. The van der Waals surface area contributed by atoms with Gasteiger partial charge in [-0.3, -0.25) is 25.0 Å². The lowest BCUT2D eigenvalue weighted by atomic mass is 10.2. The molecule has 0 aliphatic heterocycles. The van der Waals surface area contributed by atoms with Gasteiger partial charge in [-0.25, -0.2) is 4.68 Å². The van der Waals surface area contributed by atoms with Gasteiger partial charge in [0.2, 0.25) is 0 Å². The molecule has 30 heavy (non-hydrogen) atoms. The molecule has 0 radical (unpaired) electrons. The number of hydrazone groups is 1. The number of hydrogen-bond donors (Lipinski definition) is 3. The van der Waals surface area contributed by atoms with Crippen LogP contribution >= 0.6 is 12.2 Å². The second kappa shape index (κ2) is 8.57. The Balaban J connectivity index is 1.76. The van der Waals surface area contributed by atoms with Crippen molar-refractivity contribution in [1.82, 2.24) is 14.8 Å². The number of phenolic OH excluding ortho intramolecular Hbond substituents is 1. The lowest BCUT2D eigenvalue weighted by molar-refractivity contribution is -0.384. The van der Waals surface area contributed by atoms with Gasteiger partial charge in [0.1, 0.15) is 11.4 Å². The Hall–Kier alpha value is -3.99. The first-order chi connectivity index (χ1) is 14.3. The van der Waals surface area contributed by atoms with Gasteiger partial charge >= 0.3 is 0 Å². The Morgan fingerprint density at radius 2 is 1.97 bits per heavy atom. The molecule has 0 amide bonds. The van der Waals surface area contributed by atoms with Gasteiger partial charge in [0.05, 0.1) is 22.5 Å². The highest BCUT2D eigenvalue weighted by Crippen LogP contribution is 2.21. The average molecular weight is 426 g/mol. The predicted octanol–water partition coefficient (Wildman–Crippen LogP) is 2.42. The average Bonchev–Trinajstić information content (AvgIpc) is 2.93. The van der Waals surface area contributed by atoms with Crippen LogP contribution in [0.1, 0.15) is 11.3 Å². The van der Waals surface area contributed by atoms with E-state index in [4.69, 9.17) is 12.2 Å².